The fraction of sp³-hybridized carbons (Fsp3) is 0.150. The predicted octanol–water partition coefficient (Wildman–Crippen LogP) is 3.52. The summed E-state index contributed by atoms with van der Waals surface area (Å²) < 4.78 is 10.3. The Bertz CT molecular complexity index is 903. The number of para-hydroxylation sites is 1. The van der Waals surface area contributed by atoms with Gasteiger partial charge in [-0.2, -0.15) is 0 Å². The molecule has 0 aliphatic rings. The van der Waals surface area contributed by atoms with Gasteiger partial charge in [-0.05, 0) is 24.6 Å². The summed E-state index contributed by atoms with van der Waals surface area (Å²) in [5.74, 6) is -0.293. The van der Waals surface area contributed by atoms with Crippen LogP contribution < -0.4 is 5.32 Å². The van der Waals surface area contributed by atoms with E-state index in [2.05, 4.69) is 10.5 Å². The van der Waals surface area contributed by atoms with Gasteiger partial charge < -0.3 is 14.6 Å². The summed E-state index contributed by atoms with van der Waals surface area (Å²) in [6, 6.07) is 17.8. The molecule has 0 spiro atoms. The molecule has 1 heterocycles. The van der Waals surface area contributed by atoms with Gasteiger partial charge in [0.2, 0.25) is 5.91 Å². The van der Waals surface area contributed by atoms with Crippen molar-refractivity contribution >= 4 is 17.6 Å². The van der Waals surface area contributed by atoms with E-state index in [0.717, 1.165) is 5.56 Å². The Morgan fingerprint density at radius 1 is 1.08 bits per heavy atom. The first kappa shape index (κ1) is 17.4. The predicted molar refractivity (Wildman–Crippen MR) is 95.6 cm³/mol. The third-order valence-corrected chi connectivity index (χ3v) is 3.65. The van der Waals surface area contributed by atoms with Crippen LogP contribution in [-0.4, -0.2) is 17.0 Å². The Morgan fingerprint density at radius 3 is 2.54 bits per heavy atom. The molecule has 0 aliphatic carbocycles. The van der Waals surface area contributed by atoms with Gasteiger partial charge in [0, 0.05) is 6.07 Å². The monoisotopic (exact) mass is 350 g/mol. The average molecular weight is 350 g/mol. The van der Waals surface area contributed by atoms with Gasteiger partial charge in [-0.1, -0.05) is 47.6 Å². The molecule has 1 aromatic heterocycles. The highest BCUT2D eigenvalue weighted by molar-refractivity contribution is 6.01. The van der Waals surface area contributed by atoms with Crippen molar-refractivity contribution in [3.63, 3.8) is 0 Å². The minimum Gasteiger partial charge on any atom is -0.454 e. The Hall–Kier alpha value is -3.41. The smallest absolute Gasteiger partial charge is 0.340 e. The van der Waals surface area contributed by atoms with Gasteiger partial charge in [0.1, 0.15) is 0 Å². The summed E-state index contributed by atoms with van der Waals surface area (Å²) in [4.78, 5) is 24.6. The van der Waals surface area contributed by atoms with Crippen LogP contribution in [0.1, 0.15) is 27.4 Å². The highest BCUT2D eigenvalue weighted by Gasteiger charge is 2.15. The van der Waals surface area contributed by atoms with Crippen molar-refractivity contribution in [2.24, 2.45) is 0 Å². The standard InChI is InChI=1S/C20H18N2O4/c1-14-11-16(26-22-14)13-25-20(24)17-9-5-6-10-18(17)21-19(23)12-15-7-3-2-4-8-15/h2-11H,12-13H2,1H3,(H,21,23). The van der Waals surface area contributed by atoms with Gasteiger partial charge in [0.15, 0.2) is 12.4 Å². The third-order valence-electron chi connectivity index (χ3n) is 3.65. The molecule has 2 aromatic carbocycles. The molecule has 0 saturated heterocycles. The molecule has 0 atom stereocenters. The van der Waals surface area contributed by atoms with Crippen LogP contribution in [0.4, 0.5) is 5.69 Å². The largest absolute Gasteiger partial charge is 0.454 e. The summed E-state index contributed by atoms with van der Waals surface area (Å²) in [5.41, 5.74) is 2.30. The number of benzene rings is 2. The molecule has 0 radical (unpaired) electrons. The van der Waals surface area contributed by atoms with E-state index in [0.29, 0.717) is 17.1 Å². The Kier molecular flexibility index (Phi) is 5.43. The molecule has 3 aromatic rings. The highest BCUT2D eigenvalue weighted by atomic mass is 16.5. The van der Waals surface area contributed by atoms with Crippen LogP contribution in [0.5, 0.6) is 0 Å². The molecule has 1 amide bonds. The van der Waals surface area contributed by atoms with Crippen LogP contribution in [0.15, 0.2) is 65.2 Å². The molecular weight excluding hydrogens is 332 g/mol. The Morgan fingerprint density at radius 2 is 1.81 bits per heavy atom. The lowest BCUT2D eigenvalue weighted by molar-refractivity contribution is -0.115. The number of carbonyl (C=O) groups excluding carboxylic acids is 2. The molecule has 0 bridgehead atoms. The third kappa shape index (κ3) is 4.57. The van der Waals surface area contributed by atoms with Crippen LogP contribution in [0, 0.1) is 6.92 Å². The van der Waals surface area contributed by atoms with Crippen molar-refractivity contribution in [3.05, 3.63) is 83.2 Å². The fourth-order valence-electron chi connectivity index (χ4n) is 2.44. The number of hydrogen-bond acceptors (Lipinski definition) is 5. The van der Waals surface area contributed by atoms with E-state index >= 15 is 0 Å². The molecule has 26 heavy (non-hydrogen) atoms. The van der Waals surface area contributed by atoms with Gasteiger partial charge >= 0.3 is 5.97 Å². The molecule has 0 saturated carbocycles. The number of carbonyl (C=O) groups is 2. The number of aryl methyl sites for hydroxylation is 1. The molecule has 3 rings (SSSR count). The lowest BCUT2D eigenvalue weighted by Gasteiger charge is -2.10. The number of anilines is 1. The van der Waals surface area contributed by atoms with Gasteiger partial charge in [0.25, 0.3) is 0 Å². The highest BCUT2D eigenvalue weighted by Crippen LogP contribution is 2.18. The quantitative estimate of drug-likeness (QED) is 0.688. The number of amides is 1. The molecule has 1 N–H and O–H groups in total. The minimum atomic E-state index is -0.547. The van der Waals surface area contributed by atoms with Gasteiger partial charge in [-0.3, -0.25) is 4.79 Å². The second kappa shape index (κ2) is 8.11. The zero-order valence-corrected chi connectivity index (χ0v) is 14.3. The second-order valence-corrected chi connectivity index (χ2v) is 5.77. The lowest BCUT2D eigenvalue weighted by Crippen LogP contribution is -2.17. The van der Waals surface area contributed by atoms with Crippen molar-refractivity contribution in [3.8, 4) is 0 Å². The number of rotatable bonds is 6. The van der Waals surface area contributed by atoms with Crippen LogP contribution in [0.3, 0.4) is 0 Å². The first-order valence-corrected chi connectivity index (χ1v) is 8.14. The number of aromatic nitrogens is 1. The van der Waals surface area contributed by atoms with Crippen molar-refractivity contribution in [1.82, 2.24) is 5.16 Å². The maximum absolute atomic E-state index is 12.3. The van der Waals surface area contributed by atoms with E-state index in [9.17, 15) is 9.59 Å². The van der Waals surface area contributed by atoms with Crippen molar-refractivity contribution in [2.75, 3.05) is 5.32 Å². The number of hydrogen-bond donors (Lipinski definition) is 1. The van der Waals surface area contributed by atoms with Gasteiger partial charge in [-0.25, -0.2) is 4.79 Å². The molecule has 132 valence electrons. The summed E-state index contributed by atoms with van der Waals surface area (Å²) in [7, 11) is 0. The fourth-order valence-corrected chi connectivity index (χ4v) is 2.44. The molecular formula is C20H18N2O4. The topological polar surface area (TPSA) is 81.4 Å². The maximum Gasteiger partial charge on any atom is 0.340 e. The average Bonchev–Trinajstić information content (AvgIpc) is 3.06. The van der Waals surface area contributed by atoms with Crippen LogP contribution >= 0.6 is 0 Å². The van der Waals surface area contributed by atoms with Crippen molar-refractivity contribution in [2.45, 2.75) is 20.0 Å². The molecule has 6 nitrogen and oxygen atoms in total. The number of nitrogens with zero attached hydrogens (tertiary/aromatic N) is 1. The zero-order valence-electron chi connectivity index (χ0n) is 14.3. The number of ether oxygens (including phenoxy) is 1. The van der Waals surface area contributed by atoms with E-state index in [1.165, 1.54) is 0 Å². The lowest BCUT2D eigenvalue weighted by atomic mass is 10.1. The van der Waals surface area contributed by atoms with Crippen LogP contribution in [0.2, 0.25) is 0 Å². The minimum absolute atomic E-state index is 0.0219. The zero-order chi connectivity index (χ0) is 18.4. The maximum atomic E-state index is 12.3. The van der Waals surface area contributed by atoms with E-state index in [1.807, 2.05) is 30.3 Å². The normalized spacial score (nSPS) is 10.3. The molecule has 0 unspecified atom stereocenters. The van der Waals surface area contributed by atoms with E-state index in [4.69, 9.17) is 9.26 Å². The summed E-state index contributed by atoms with van der Waals surface area (Å²) in [6.45, 7) is 1.76. The van der Waals surface area contributed by atoms with Gasteiger partial charge in [0.05, 0.1) is 23.4 Å². The second-order valence-electron chi connectivity index (χ2n) is 5.77. The summed E-state index contributed by atoms with van der Waals surface area (Å²) >= 11 is 0. The number of nitrogens with one attached hydrogen (secondary N) is 1. The Labute approximate surface area is 150 Å². The molecule has 0 aliphatic heterocycles. The Balaban J connectivity index is 1.65. The first-order valence-electron chi connectivity index (χ1n) is 8.14. The van der Waals surface area contributed by atoms with E-state index in [-0.39, 0.29) is 24.5 Å². The van der Waals surface area contributed by atoms with Crippen molar-refractivity contribution < 1.29 is 18.8 Å². The molecule has 6 heteroatoms. The van der Waals surface area contributed by atoms with Gasteiger partial charge in [-0.15, -0.1) is 0 Å². The van der Waals surface area contributed by atoms with Crippen molar-refractivity contribution in [1.29, 1.82) is 0 Å². The SMILES string of the molecule is Cc1cc(COC(=O)c2ccccc2NC(=O)Cc2ccccc2)on1. The summed E-state index contributed by atoms with van der Waals surface area (Å²) in [6.07, 6.45) is 0.224. The van der Waals surface area contributed by atoms with E-state index in [1.54, 1.807) is 37.3 Å². The van der Waals surface area contributed by atoms with Crippen LogP contribution in [0.25, 0.3) is 0 Å². The van der Waals surface area contributed by atoms with Crippen LogP contribution in [-0.2, 0) is 22.6 Å². The summed E-state index contributed by atoms with van der Waals surface area (Å²) in [5, 5.41) is 6.51. The van der Waals surface area contributed by atoms with E-state index < -0.39 is 5.97 Å². The molecule has 0 fully saturated rings. The number of esters is 1. The first-order chi connectivity index (χ1) is 12.6.